The minimum absolute atomic E-state index is 0.0246. The number of carbonyl (C=O) groups excluding carboxylic acids is 1. The lowest BCUT2D eigenvalue weighted by atomic mass is 10.1. The predicted molar refractivity (Wildman–Crippen MR) is 113 cm³/mol. The maximum absolute atomic E-state index is 12.0. The number of nitrogens with one attached hydrogen (secondary N) is 4. The number of aliphatic carboxylic acids is 1. The molecule has 4 heterocycles. The summed E-state index contributed by atoms with van der Waals surface area (Å²) in [7, 11) is 0. The summed E-state index contributed by atoms with van der Waals surface area (Å²) in [6.45, 7) is 0.668. The lowest BCUT2D eigenvalue weighted by molar-refractivity contribution is -0.192. The van der Waals surface area contributed by atoms with E-state index in [1.165, 1.54) is 0 Å². The van der Waals surface area contributed by atoms with Gasteiger partial charge in [-0.25, -0.2) is 14.8 Å². The zero-order chi connectivity index (χ0) is 23.6. The summed E-state index contributed by atoms with van der Waals surface area (Å²) in [6, 6.07) is 13.6. The maximum Gasteiger partial charge on any atom is 0.490 e. The van der Waals surface area contributed by atoms with Crippen molar-refractivity contribution in [2.24, 2.45) is 0 Å². The molecule has 1 aliphatic heterocycles. The van der Waals surface area contributed by atoms with Gasteiger partial charge in [-0.3, -0.25) is 4.79 Å². The number of hydrogen-bond acceptors (Lipinski definition) is 5. The molecular formula is C21H17F3N6O3. The van der Waals surface area contributed by atoms with Gasteiger partial charge in [0.2, 0.25) is 5.95 Å². The molecule has 0 bridgehead atoms. The molecule has 5 N–H and O–H groups in total. The number of hydrogen-bond donors (Lipinski definition) is 5. The van der Waals surface area contributed by atoms with Crippen LogP contribution in [0.5, 0.6) is 0 Å². The molecular weight excluding hydrogens is 441 g/mol. The first-order valence-corrected chi connectivity index (χ1v) is 9.69. The number of amides is 1. The lowest BCUT2D eigenvalue weighted by Crippen LogP contribution is -2.31. The number of benzene rings is 1. The fourth-order valence-corrected chi connectivity index (χ4v) is 3.25. The van der Waals surface area contributed by atoms with Crippen LogP contribution >= 0.6 is 0 Å². The normalized spacial score (nSPS) is 13.0. The van der Waals surface area contributed by atoms with E-state index >= 15 is 0 Å². The van der Waals surface area contributed by atoms with Crippen LogP contribution < -0.4 is 10.6 Å². The number of nitrogens with zero attached hydrogens (tertiary/aromatic N) is 2. The van der Waals surface area contributed by atoms with Gasteiger partial charge in [-0.05, 0) is 30.3 Å². The Morgan fingerprint density at radius 1 is 1.12 bits per heavy atom. The van der Waals surface area contributed by atoms with Crippen LogP contribution in [0.1, 0.15) is 16.1 Å². The molecule has 5 rings (SSSR count). The molecule has 0 unspecified atom stereocenters. The van der Waals surface area contributed by atoms with Crippen LogP contribution in [0.4, 0.5) is 24.9 Å². The van der Waals surface area contributed by atoms with Crippen molar-refractivity contribution in [2.45, 2.75) is 12.6 Å². The van der Waals surface area contributed by atoms with Crippen LogP contribution in [0.2, 0.25) is 0 Å². The van der Waals surface area contributed by atoms with E-state index < -0.39 is 12.1 Å². The van der Waals surface area contributed by atoms with Crippen LogP contribution in [-0.4, -0.2) is 49.6 Å². The third kappa shape index (κ3) is 4.95. The minimum atomic E-state index is -5.08. The Hall–Kier alpha value is -4.35. The molecule has 0 saturated carbocycles. The van der Waals surface area contributed by atoms with Crippen molar-refractivity contribution < 1.29 is 27.9 Å². The van der Waals surface area contributed by atoms with E-state index in [1.807, 2.05) is 42.5 Å². The first-order chi connectivity index (χ1) is 15.7. The maximum atomic E-state index is 12.0. The molecule has 33 heavy (non-hydrogen) atoms. The number of fused-ring (bicyclic) bond motifs is 2. The molecule has 1 aliphatic rings. The first-order valence-electron chi connectivity index (χ1n) is 9.69. The van der Waals surface area contributed by atoms with Gasteiger partial charge in [0.1, 0.15) is 5.82 Å². The minimum Gasteiger partial charge on any atom is -0.475 e. The standard InChI is InChI=1S/C19H16N6O.C2HF3O2/c26-18-12-10-16(22-13(12)6-8-21-18)11-5-7-20-17(9-11)25-19-23-14-3-1-2-4-15(14)24-19;3-2(4,5)1(6)7/h1-5,7,9-10,22H,6,8H2,(H,21,26)(H2,20,23,24,25);(H,6,7). The molecule has 3 aromatic heterocycles. The Labute approximate surface area is 184 Å². The summed E-state index contributed by atoms with van der Waals surface area (Å²) >= 11 is 0. The van der Waals surface area contributed by atoms with Gasteiger partial charge in [-0.15, -0.1) is 0 Å². The van der Waals surface area contributed by atoms with E-state index in [9.17, 15) is 18.0 Å². The number of carboxylic acid groups (broad SMARTS) is 1. The second kappa shape index (κ2) is 8.65. The fourth-order valence-electron chi connectivity index (χ4n) is 3.25. The number of H-pyrrole nitrogens is 2. The number of aromatic amines is 2. The molecule has 0 radical (unpaired) electrons. The second-order valence-electron chi connectivity index (χ2n) is 7.04. The highest BCUT2D eigenvalue weighted by atomic mass is 19.4. The summed E-state index contributed by atoms with van der Waals surface area (Å²) in [5, 5.41) is 13.2. The summed E-state index contributed by atoms with van der Waals surface area (Å²) < 4.78 is 31.7. The molecule has 1 aromatic carbocycles. The highest BCUT2D eigenvalue weighted by Gasteiger charge is 2.38. The van der Waals surface area contributed by atoms with E-state index in [2.05, 4.69) is 30.6 Å². The molecule has 0 aliphatic carbocycles. The number of imidazole rings is 1. The van der Waals surface area contributed by atoms with Gasteiger partial charge >= 0.3 is 12.1 Å². The molecule has 1 amide bonds. The van der Waals surface area contributed by atoms with Gasteiger partial charge in [0, 0.05) is 36.1 Å². The number of anilines is 2. The number of carboxylic acids is 1. The summed E-state index contributed by atoms with van der Waals surface area (Å²) in [5.41, 5.74) is 5.42. The lowest BCUT2D eigenvalue weighted by Gasteiger charge is -2.10. The van der Waals surface area contributed by atoms with Crippen molar-refractivity contribution in [1.29, 1.82) is 0 Å². The molecule has 0 atom stereocenters. The zero-order valence-electron chi connectivity index (χ0n) is 16.8. The van der Waals surface area contributed by atoms with Crippen molar-refractivity contribution in [3.8, 4) is 11.3 Å². The van der Waals surface area contributed by atoms with E-state index in [4.69, 9.17) is 9.90 Å². The van der Waals surface area contributed by atoms with Gasteiger partial charge in [-0.1, -0.05) is 12.1 Å². The quantitative estimate of drug-likeness (QED) is 0.318. The largest absolute Gasteiger partial charge is 0.490 e. The number of halogens is 3. The highest BCUT2D eigenvalue weighted by molar-refractivity contribution is 5.97. The van der Waals surface area contributed by atoms with Crippen molar-refractivity contribution in [1.82, 2.24) is 25.3 Å². The Kier molecular flexibility index (Phi) is 5.73. The highest BCUT2D eigenvalue weighted by Crippen LogP contribution is 2.26. The van der Waals surface area contributed by atoms with E-state index in [0.29, 0.717) is 18.3 Å². The molecule has 0 saturated heterocycles. The number of carbonyl (C=O) groups is 2. The number of aromatic nitrogens is 4. The van der Waals surface area contributed by atoms with E-state index in [1.54, 1.807) is 6.20 Å². The smallest absolute Gasteiger partial charge is 0.475 e. The predicted octanol–water partition coefficient (Wildman–Crippen LogP) is 3.62. The Morgan fingerprint density at radius 2 is 1.88 bits per heavy atom. The summed E-state index contributed by atoms with van der Waals surface area (Å²) in [5.74, 6) is -1.46. The van der Waals surface area contributed by atoms with Crippen LogP contribution in [0.15, 0.2) is 48.7 Å². The van der Waals surface area contributed by atoms with Crippen molar-refractivity contribution in [2.75, 3.05) is 11.9 Å². The van der Waals surface area contributed by atoms with Crippen molar-refractivity contribution >= 4 is 34.7 Å². The number of para-hydroxylation sites is 2. The fraction of sp³-hybridized carbons (Fsp3) is 0.143. The van der Waals surface area contributed by atoms with Gasteiger partial charge < -0.3 is 25.7 Å². The third-order valence-electron chi connectivity index (χ3n) is 4.75. The Morgan fingerprint density at radius 3 is 2.58 bits per heavy atom. The van der Waals surface area contributed by atoms with E-state index in [0.717, 1.165) is 40.0 Å². The molecule has 0 spiro atoms. The average Bonchev–Trinajstić information content (AvgIpc) is 3.38. The van der Waals surface area contributed by atoms with E-state index in [-0.39, 0.29) is 5.91 Å². The average molecular weight is 458 g/mol. The van der Waals surface area contributed by atoms with Crippen molar-refractivity contribution in [3.63, 3.8) is 0 Å². The Bertz CT molecular complexity index is 1300. The van der Waals surface area contributed by atoms with Gasteiger partial charge in [0.05, 0.1) is 16.6 Å². The van der Waals surface area contributed by atoms with Crippen LogP contribution in [-0.2, 0) is 11.2 Å². The zero-order valence-corrected chi connectivity index (χ0v) is 16.8. The number of rotatable bonds is 3. The topological polar surface area (TPSA) is 136 Å². The van der Waals surface area contributed by atoms with Crippen molar-refractivity contribution in [3.05, 3.63) is 59.9 Å². The molecule has 12 heteroatoms. The monoisotopic (exact) mass is 458 g/mol. The first kappa shape index (κ1) is 21.9. The van der Waals surface area contributed by atoms with Crippen LogP contribution in [0, 0.1) is 0 Å². The molecule has 9 nitrogen and oxygen atoms in total. The molecule has 0 fully saturated rings. The number of alkyl halides is 3. The van der Waals surface area contributed by atoms with Gasteiger partial charge in [-0.2, -0.15) is 13.2 Å². The summed E-state index contributed by atoms with van der Waals surface area (Å²) in [4.78, 5) is 36.3. The van der Waals surface area contributed by atoms with Crippen LogP contribution in [0.3, 0.4) is 0 Å². The SMILES string of the molecule is O=C(O)C(F)(F)F.O=C1NCCc2[nH]c(-c3ccnc(Nc4nc5ccccc5[nH]4)c3)cc21. The third-order valence-corrected chi connectivity index (χ3v) is 4.75. The van der Waals surface area contributed by atoms with Gasteiger partial charge in [0.25, 0.3) is 5.91 Å². The second-order valence-corrected chi connectivity index (χ2v) is 7.04. The molecule has 4 aromatic rings. The van der Waals surface area contributed by atoms with Gasteiger partial charge in [0.15, 0.2) is 0 Å². The molecule has 170 valence electrons. The summed E-state index contributed by atoms with van der Waals surface area (Å²) in [6.07, 6.45) is -2.53. The Balaban J connectivity index is 0.000000325. The number of pyridine rings is 1. The van der Waals surface area contributed by atoms with Crippen LogP contribution in [0.25, 0.3) is 22.3 Å².